The van der Waals surface area contributed by atoms with Gasteiger partial charge >= 0.3 is 5.97 Å². The summed E-state index contributed by atoms with van der Waals surface area (Å²) < 4.78 is 10.8. The van der Waals surface area contributed by atoms with Gasteiger partial charge in [-0.3, -0.25) is 0 Å². The summed E-state index contributed by atoms with van der Waals surface area (Å²) in [5, 5.41) is 0.513. The lowest BCUT2D eigenvalue weighted by molar-refractivity contribution is -0.154. The summed E-state index contributed by atoms with van der Waals surface area (Å²) in [7, 11) is 0. The van der Waals surface area contributed by atoms with E-state index in [4.69, 9.17) is 21.1 Å². The van der Waals surface area contributed by atoms with E-state index in [0.717, 1.165) is 12.0 Å². The van der Waals surface area contributed by atoms with Crippen LogP contribution in [0.25, 0.3) is 0 Å². The maximum Gasteiger partial charge on any atom is 0.347 e. The summed E-state index contributed by atoms with van der Waals surface area (Å²) in [5.41, 5.74) is 1.38. The molecule has 1 aromatic rings. The van der Waals surface area contributed by atoms with Gasteiger partial charge in [0.1, 0.15) is 5.75 Å². The molecule has 0 saturated carbocycles. The largest absolute Gasteiger partial charge is 0.477 e. The average molecular weight is 355 g/mol. The Balaban J connectivity index is 2.90. The van der Waals surface area contributed by atoms with Crippen LogP contribution in [0.4, 0.5) is 0 Å². The Morgan fingerprint density at radius 2 is 1.71 bits per heavy atom. The summed E-state index contributed by atoms with van der Waals surface area (Å²) in [4.78, 5) is 11.9. The average Bonchev–Trinajstić information content (AvgIpc) is 2.37. The number of ether oxygens (including phenoxy) is 2. The molecule has 1 rings (SSSR count). The minimum Gasteiger partial charge on any atom is -0.477 e. The van der Waals surface area contributed by atoms with E-state index < -0.39 is 12.1 Å². The van der Waals surface area contributed by atoms with E-state index >= 15 is 0 Å². The smallest absolute Gasteiger partial charge is 0.347 e. The molecule has 0 spiro atoms. The van der Waals surface area contributed by atoms with E-state index in [1.807, 2.05) is 32.0 Å². The molecule has 0 N–H and O–H groups in total. The molecule has 24 heavy (non-hydrogen) atoms. The Morgan fingerprint density at radius 1 is 1.12 bits per heavy atom. The van der Waals surface area contributed by atoms with Gasteiger partial charge in [0.25, 0.3) is 0 Å². The first-order chi connectivity index (χ1) is 10.8. The zero-order valence-electron chi connectivity index (χ0n) is 16.2. The fraction of sp³-hybridized carbons (Fsp3) is 0.650. The third-order valence-electron chi connectivity index (χ3n) is 3.67. The maximum atomic E-state index is 11.9. The fourth-order valence-electron chi connectivity index (χ4n) is 3.01. The molecular weight excluding hydrogens is 324 g/mol. The van der Waals surface area contributed by atoms with Crippen LogP contribution in [0.15, 0.2) is 18.2 Å². The lowest BCUT2D eigenvalue weighted by Gasteiger charge is -2.33. The van der Waals surface area contributed by atoms with E-state index in [1.165, 1.54) is 0 Å². The molecular formula is C20H31ClO3. The van der Waals surface area contributed by atoms with Gasteiger partial charge in [0.2, 0.25) is 0 Å². The molecule has 136 valence electrons. The van der Waals surface area contributed by atoms with Crippen LogP contribution >= 0.6 is 11.6 Å². The predicted molar refractivity (Wildman–Crippen MR) is 99.9 cm³/mol. The van der Waals surface area contributed by atoms with Gasteiger partial charge in [0, 0.05) is 0 Å². The fourth-order valence-corrected chi connectivity index (χ4v) is 3.24. The Bertz CT molecular complexity index is 571. The van der Waals surface area contributed by atoms with Crippen LogP contribution in [-0.2, 0) is 14.9 Å². The van der Waals surface area contributed by atoms with E-state index in [2.05, 4.69) is 34.6 Å². The van der Waals surface area contributed by atoms with Gasteiger partial charge < -0.3 is 9.47 Å². The van der Waals surface area contributed by atoms with Crippen LogP contribution in [-0.4, -0.2) is 18.2 Å². The minimum absolute atomic E-state index is 0.00259. The van der Waals surface area contributed by atoms with Crippen molar-refractivity contribution < 1.29 is 14.3 Å². The van der Waals surface area contributed by atoms with Crippen LogP contribution in [0.1, 0.15) is 67.4 Å². The number of benzene rings is 1. The summed E-state index contributed by atoms with van der Waals surface area (Å²) in [6.45, 7) is 16.4. The van der Waals surface area contributed by atoms with Crippen LogP contribution in [0.2, 0.25) is 5.02 Å². The lowest BCUT2D eigenvalue weighted by atomic mass is 9.72. The van der Waals surface area contributed by atoms with Gasteiger partial charge in [-0.05, 0) is 55.7 Å². The highest BCUT2D eigenvalue weighted by Crippen LogP contribution is 2.38. The normalized spacial score (nSPS) is 13.8. The molecule has 0 amide bonds. The Labute approximate surface area is 151 Å². The molecule has 3 nitrogen and oxygen atoms in total. The van der Waals surface area contributed by atoms with Crippen molar-refractivity contribution >= 4 is 17.6 Å². The van der Waals surface area contributed by atoms with Gasteiger partial charge in [-0.25, -0.2) is 4.79 Å². The summed E-state index contributed by atoms with van der Waals surface area (Å²) in [6, 6.07) is 5.79. The monoisotopic (exact) mass is 354 g/mol. The van der Waals surface area contributed by atoms with Crippen LogP contribution < -0.4 is 4.74 Å². The van der Waals surface area contributed by atoms with Crippen molar-refractivity contribution in [2.45, 2.75) is 79.4 Å². The molecule has 1 atom stereocenters. The highest BCUT2D eigenvalue weighted by Gasteiger charge is 2.28. The van der Waals surface area contributed by atoms with Crippen LogP contribution in [0.3, 0.4) is 0 Å². The molecule has 0 aliphatic carbocycles. The molecule has 0 aliphatic rings. The third-order valence-corrected chi connectivity index (χ3v) is 3.97. The zero-order chi connectivity index (χ0) is 18.7. The van der Waals surface area contributed by atoms with E-state index in [-0.39, 0.29) is 16.9 Å². The van der Waals surface area contributed by atoms with Crippen molar-refractivity contribution in [3.63, 3.8) is 0 Å². The molecule has 0 radical (unpaired) electrons. The van der Waals surface area contributed by atoms with Gasteiger partial charge in [0.05, 0.1) is 11.1 Å². The number of rotatable bonds is 6. The number of halogens is 1. The molecule has 1 unspecified atom stereocenters. The third kappa shape index (κ3) is 6.35. The number of esters is 1. The molecule has 1 aromatic carbocycles. The maximum absolute atomic E-state index is 11.9. The second-order valence-electron chi connectivity index (χ2n) is 8.51. The Morgan fingerprint density at radius 3 is 2.17 bits per heavy atom. The van der Waals surface area contributed by atoms with E-state index in [0.29, 0.717) is 10.8 Å². The Kier molecular flexibility index (Phi) is 6.75. The zero-order valence-corrected chi connectivity index (χ0v) is 17.0. The lowest BCUT2D eigenvalue weighted by Crippen LogP contribution is -2.28. The highest BCUT2D eigenvalue weighted by atomic mass is 35.5. The SMILES string of the molecule is CC(C)OC(=O)C(C)Oc1ccc(C(C)(C)CC(C)(C)C)cc1Cl. The summed E-state index contributed by atoms with van der Waals surface area (Å²) in [6.07, 6.45) is 0.172. The summed E-state index contributed by atoms with van der Waals surface area (Å²) >= 11 is 6.38. The molecule has 0 saturated heterocycles. The number of carbonyl (C=O) groups is 1. The van der Waals surface area contributed by atoms with Crippen LogP contribution in [0.5, 0.6) is 5.75 Å². The minimum atomic E-state index is -0.696. The Hall–Kier alpha value is -1.22. The first-order valence-electron chi connectivity index (χ1n) is 8.49. The molecule has 0 bridgehead atoms. The molecule has 4 heteroatoms. The van der Waals surface area contributed by atoms with Crippen molar-refractivity contribution in [2.75, 3.05) is 0 Å². The molecule has 0 heterocycles. The van der Waals surface area contributed by atoms with Crippen molar-refractivity contribution in [3.05, 3.63) is 28.8 Å². The second-order valence-corrected chi connectivity index (χ2v) is 8.92. The number of hydrogen-bond donors (Lipinski definition) is 0. The van der Waals surface area contributed by atoms with Gasteiger partial charge in [0.15, 0.2) is 6.10 Å². The van der Waals surface area contributed by atoms with Crippen molar-refractivity contribution in [1.82, 2.24) is 0 Å². The first-order valence-corrected chi connectivity index (χ1v) is 8.87. The predicted octanol–water partition coefficient (Wildman–Crippen LogP) is 5.77. The van der Waals surface area contributed by atoms with Crippen molar-refractivity contribution in [3.8, 4) is 5.75 Å². The van der Waals surface area contributed by atoms with Gasteiger partial charge in [-0.15, -0.1) is 0 Å². The van der Waals surface area contributed by atoms with E-state index in [1.54, 1.807) is 6.92 Å². The summed E-state index contributed by atoms with van der Waals surface area (Å²) in [5.74, 6) is 0.110. The molecule has 0 aromatic heterocycles. The highest BCUT2D eigenvalue weighted by molar-refractivity contribution is 6.32. The number of carbonyl (C=O) groups excluding carboxylic acids is 1. The second kappa shape index (κ2) is 7.77. The molecule has 0 fully saturated rings. The topological polar surface area (TPSA) is 35.5 Å². The first kappa shape index (κ1) is 20.8. The van der Waals surface area contributed by atoms with Gasteiger partial charge in [-0.2, -0.15) is 0 Å². The van der Waals surface area contributed by atoms with Gasteiger partial charge in [-0.1, -0.05) is 52.3 Å². The molecule has 0 aliphatic heterocycles. The van der Waals surface area contributed by atoms with Crippen LogP contribution in [0, 0.1) is 5.41 Å². The van der Waals surface area contributed by atoms with E-state index in [9.17, 15) is 4.79 Å². The quantitative estimate of drug-likeness (QED) is 0.608. The standard InChI is InChI=1S/C20H31ClO3/c1-13(2)23-18(22)14(3)24-17-10-9-15(11-16(17)21)20(7,8)12-19(4,5)6/h9-11,13-14H,12H2,1-8H3. The van der Waals surface area contributed by atoms with Crippen molar-refractivity contribution in [1.29, 1.82) is 0 Å². The van der Waals surface area contributed by atoms with Crippen molar-refractivity contribution in [2.24, 2.45) is 5.41 Å². The number of hydrogen-bond acceptors (Lipinski definition) is 3.